The molecule has 14 atom stereocenters. The third-order valence-corrected chi connectivity index (χ3v) is 9.81. The number of hydrogen-bond acceptors (Lipinski definition) is 13. The van der Waals surface area contributed by atoms with E-state index in [1.807, 2.05) is 40.7 Å². The van der Waals surface area contributed by atoms with Gasteiger partial charge in [-0.3, -0.25) is 9.59 Å². The van der Waals surface area contributed by atoms with E-state index in [1.54, 1.807) is 59.2 Å². The van der Waals surface area contributed by atoms with Crippen LogP contribution in [0.2, 0.25) is 0 Å². The van der Waals surface area contributed by atoms with Crippen LogP contribution < -0.4 is 0 Å². The van der Waals surface area contributed by atoms with Crippen LogP contribution in [0.1, 0.15) is 80.6 Å². The van der Waals surface area contributed by atoms with Gasteiger partial charge in [0.15, 0.2) is 18.4 Å². The zero-order valence-corrected chi connectivity index (χ0v) is 32.7. The molecule has 296 valence electrons. The summed E-state index contributed by atoms with van der Waals surface area (Å²) >= 11 is 0. The summed E-state index contributed by atoms with van der Waals surface area (Å²) in [5, 5.41) is 31.2. The van der Waals surface area contributed by atoms with Crippen molar-refractivity contribution in [3.63, 3.8) is 0 Å². The Morgan fingerprint density at radius 2 is 1.61 bits per heavy atom. The molecule has 14 unspecified atom stereocenters. The summed E-state index contributed by atoms with van der Waals surface area (Å²) in [5.74, 6) is -1.23. The van der Waals surface area contributed by atoms with E-state index >= 15 is 0 Å². The zero-order chi connectivity index (χ0) is 38.4. The summed E-state index contributed by atoms with van der Waals surface area (Å²) in [6, 6.07) is -0.523. The van der Waals surface area contributed by atoms with Crippen molar-refractivity contribution in [2.24, 2.45) is 17.8 Å². The molecule has 0 aromatic heterocycles. The van der Waals surface area contributed by atoms with Crippen molar-refractivity contribution in [1.29, 1.82) is 0 Å². The van der Waals surface area contributed by atoms with Crippen molar-refractivity contribution < 1.29 is 58.1 Å². The molecule has 0 spiro atoms. The highest BCUT2D eigenvalue weighted by Gasteiger charge is 2.44. The van der Waals surface area contributed by atoms with Gasteiger partial charge in [-0.2, -0.15) is 0 Å². The van der Waals surface area contributed by atoms with Gasteiger partial charge in [-0.25, -0.2) is 0 Å². The molecule has 0 amide bonds. The van der Waals surface area contributed by atoms with Crippen LogP contribution in [-0.2, 0) is 42.7 Å². The Labute approximate surface area is 305 Å². The first-order valence-corrected chi connectivity index (χ1v) is 18.5. The second-order valence-electron chi connectivity index (χ2n) is 14.6. The smallest absolute Gasteiger partial charge is 0.308 e. The Bertz CT molecular complexity index is 1100. The maximum atomic E-state index is 13.2. The number of likely N-dealkylation sites (N-methyl/N-ethyl adjacent to an activating group) is 1. The molecule has 2 fully saturated rings. The molecule has 0 aromatic rings. The third kappa shape index (κ3) is 14.2. The van der Waals surface area contributed by atoms with Gasteiger partial charge in [-0.15, -0.1) is 0 Å². The number of aliphatic hydroxyl groups excluding tert-OH is 3. The van der Waals surface area contributed by atoms with Crippen molar-refractivity contribution >= 4 is 11.8 Å². The first kappa shape index (κ1) is 45.4. The van der Waals surface area contributed by atoms with Crippen LogP contribution >= 0.6 is 0 Å². The maximum absolute atomic E-state index is 13.2. The Morgan fingerprint density at radius 3 is 2.20 bits per heavy atom. The maximum Gasteiger partial charge on any atom is 0.308 e. The summed E-state index contributed by atoms with van der Waals surface area (Å²) in [7, 11) is 6.80. The molecule has 13 nitrogen and oxygen atoms in total. The number of aliphatic hydroxyl groups is 3. The monoisotopic (exact) mass is 729 g/mol. The molecule has 0 bridgehead atoms. The summed E-state index contributed by atoms with van der Waals surface area (Å²) in [6.45, 7) is 13.6. The fourth-order valence-corrected chi connectivity index (χ4v) is 6.70. The lowest BCUT2D eigenvalue weighted by molar-refractivity contribution is -0.282. The number of nitrogens with zero attached hydrogens (tertiary/aromatic N) is 1. The SMILES string of the molecule is CCC(O)CC(=O)OC(CC)C(/C=C(C)\C=C/C(=O)C(C)CC(C)COC1OC(C)C(O)C(N(C)C)C1O)COC1OC(C)CC(OC)C1OC. The van der Waals surface area contributed by atoms with Gasteiger partial charge >= 0.3 is 5.97 Å². The summed E-state index contributed by atoms with van der Waals surface area (Å²) < 4.78 is 41.2. The fraction of sp³-hybridized carbons (Fsp3) is 0.842. The first-order valence-electron chi connectivity index (χ1n) is 18.5. The lowest BCUT2D eigenvalue weighted by atomic mass is 9.93. The number of ether oxygens (including phenoxy) is 7. The Morgan fingerprint density at radius 1 is 0.941 bits per heavy atom. The number of methoxy groups -OCH3 is 2. The average molecular weight is 730 g/mol. The number of ketones is 1. The fourth-order valence-electron chi connectivity index (χ4n) is 6.70. The van der Waals surface area contributed by atoms with Crippen molar-refractivity contribution in [1.82, 2.24) is 4.90 Å². The Hall–Kier alpha value is -1.78. The van der Waals surface area contributed by atoms with Gasteiger partial charge in [0.2, 0.25) is 0 Å². The van der Waals surface area contributed by atoms with E-state index in [4.69, 9.17) is 33.2 Å². The number of hydrogen-bond donors (Lipinski definition) is 3. The van der Waals surface area contributed by atoms with Crippen molar-refractivity contribution in [3.8, 4) is 0 Å². The number of rotatable bonds is 21. The standard InChI is InChI=1S/C38H67NO12/c1-12-28(40)19-32(42)51-30(13-2)27(21-48-38-36(46-11)31(45-10)18-25(6)49-38)17-22(3)14-15-29(41)24(5)16-23(4)20-47-37-35(44)33(39(8)9)34(43)26(7)50-37/h14-15,17,23-28,30-31,33-38,40,43-44H,12-13,16,18-21H2,1-11H3/b15-14-,22-17-. The topological polar surface area (TPSA) is 163 Å². The number of carbonyl (C=O) groups is 2. The van der Waals surface area contributed by atoms with Gasteiger partial charge in [0.1, 0.15) is 18.3 Å². The van der Waals surface area contributed by atoms with Crippen LogP contribution in [0.4, 0.5) is 0 Å². The van der Waals surface area contributed by atoms with Gasteiger partial charge in [0.25, 0.3) is 0 Å². The van der Waals surface area contributed by atoms with E-state index in [0.717, 1.165) is 5.57 Å². The highest BCUT2D eigenvalue weighted by atomic mass is 16.7. The van der Waals surface area contributed by atoms with Gasteiger partial charge in [0, 0.05) is 32.5 Å². The highest BCUT2D eigenvalue weighted by molar-refractivity contribution is 5.91. The zero-order valence-electron chi connectivity index (χ0n) is 32.7. The second kappa shape index (κ2) is 22.4. The van der Waals surface area contributed by atoms with E-state index < -0.39 is 61.2 Å². The lowest BCUT2D eigenvalue weighted by Gasteiger charge is -2.44. The van der Waals surface area contributed by atoms with Crippen LogP contribution in [0.15, 0.2) is 23.8 Å². The molecule has 2 rings (SSSR count). The molecule has 0 saturated carbocycles. The minimum Gasteiger partial charge on any atom is -0.462 e. The summed E-state index contributed by atoms with van der Waals surface area (Å²) in [4.78, 5) is 27.6. The second-order valence-corrected chi connectivity index (χ2v) is 14.6. The van der Waals surface area contributed by atoms with Crippen molar-refractivity contribution in [2.45, 2.75) is 148 Å². The van der Waals surface area contributed by atoms with E-state index in [9.17, 15) is 24.9 Å². The number of esters is 1. The number of allylic oxidation sites excluding steroid dienone is 3. The van der Waals surface area contributed by atoms with Crippen LogP contribution in [0.25, 0.3) is 0 Å². The van der Waals surface area contributed by atoms with E-state index in [1.165, 1.54) is 0 Å². The molecule has 0 radical (unpaired) electrons. The van der Waals surface area contributed by atoms with E-state index in [-0.39, 0.29) is 55.4 Å². The molecule has 0 aromatic carbocycles. The van der Waals surface area contributed by atoms with Crippen molar-refractivity contribution in [3.05, 3.63) is 23.8 Å². The molecular weight excluding hydrogens is 662 g/mol. The molecule has 0 aliphatic carbocycles. The largest absolute Gasteiger partial charge is 0.462 e. The molecule has 2 heterocycles. The minimum absolute atomic E-state index is 0.00383. The summed E-state index contributed by atoms with van der Waals surface area (Å²) in [5.41, 5.74) is 0.787. The highest BCUT2D eigenvalue weighted by Crippen LogP contribution is 2.28. The molecule has 2 saturated heterocycles. The molecular formula is C38H67NO12. The normalized spacial score (nSPS) is 32.1. The molecule has 13 heteroatoms. The molecule has 2 aliphatic heterocycles. The van der Waals surface area contributed by atoms with Gasteiger partial charge in [-0.1, -0.05) is 45.4 Å². The van der Waals surface area contributed by atoms with Gasteiger partial charge in [0.05, 0.1) is 56.2 Å². The minimum atomic E-state index is -1.02. The van der Waals surface area contributed by atoms with E-state index in [2.05, 4.69) is 0 Å². The van der Waals surface area contributed by atoms with Crippen LogP contribution in [0, 0.1) is 17.8 Å². The quantitative estimate of drug-likeness (QED) is 0.0896. The van der Waals surface area contributed by atoms with Crippen LogP contribution in [-0.4, -0.2) is 141 Å². The van der Waals surface area contributed by atoms with Crippen LogP contribution in [0.5, 0.6) is 0 Å². The molecule has 51 heavy (non-hydrogen) atoms. The number of carbonyl (C=O) groups excluding carboxylic acids is 2. The van der Waals surface area contributed by atoms with Gasteiger partial charge in [-0.05, 0) is 66.1 Å². The Kier molecular flexibility index (Phi) is 20.0. The Balaban J connectivity index is 2.10. The molecule has 3 N–H and O–H groups in total. The van der Waals surface area contributed by atoms with E-state index in [0.29, 0.717) is 25.7 Å². The summed E-state index contributed by atoms with van der Waals surface area (Å²) in [6.07, 6.45) is 1.25. The third-order valence-electron chi connectivity index (χ3n) is 9.81. The van der Waals surface area contributed by atoms with Gasteiger partial charge < -0.3 is 53.4 Å². The first-order chi connectivity index (χ1) is 24.1. The predicted molar refractivity (Wildman–Crippen MR) is 192 cm³/mol. The van der Waals surface area contributed by atoms with Crippen molar-refractivity contribution in [2.75, 3.05) is 41.5 Å². The average Bonchev–Trinajstić information content (AvgIpc) is 3.08. The lowest BCUT2D eigenvalue weighted by Crippen LogP contribution is -2.62. The molecule has 2 aliphatic rings. The predicted octanol–water partition coefficient (Wildman–Crippen LogP) is 3.41. The van der Waals surface area contributed by atoms with Crippen LogP contribution in [0.3, 0.4) is 0 Å².